The molecule has 618 valence electrons. The first-order valence-corrected chi connectivity index (χ1v) is 42.7. The summed E-state index contributed by atoms with van der Waals surface area (Å²) in [7, 11) is 0. The SMILES string of the molecule is C=CCCCCCc1ccc(C(C)CC)cc1.C=COCCOCCOC(=O)C(C)(C)CC.C=COCCOCCOC(=O)C(C)(C)CC.CCC(C)OCC1(CC)COC1.CCC(C)OCC1(CC)COC1.CCC(C)c1ccc(CCCCCCc2ccc3c(c2)CC3)cc1.CCC(C)c1ccc2c(c1)CC2. The molecule has 2 fully saturated rings. The Morgan fingerprint density at radius 1 is 0.422 bits per heavy atom. The molecule has 109 heavy (non-hydrogen) atoms. The monoisotopic (exact) mass is 1520 g/mol. The summed E-state index contributed by atoms with van der Waals surface area (Å²) in [6.45, 7) is 57.2. The number of esters is 2. The highest BCUT2D eigenvalue weighted by Crippen LogP contribution is 2.34. The molecule has 2 heterocycles. The summed E-state index contributed by atoms with van der Waals surface area (Å²) in [6.07, 6.45) is 34.7. The molecule has 5 unspecified atom stereocenters. The van der Waals surface area contributed by atoms with Crippen molar-refractivity contribution in [1.82, 2.24) is 0 Å². The second kappa shape index (κ2) is 58.3. The molecule has 0 saturated carbocycles. The van der Waals surface area contributed by atoms with Crippen LogP contribution in [0, 0.1) is 21.7 Å². The average molecular weight is 1520 g/mol. The van der Waals surface area contributed by atoms with Gasteiger partial charge in [0.2, 0.25) is 0 Å². The van der Waals surface area contributed by atoms with Crippen LogP contribution in [0.2, 0.25) is 0 Å². The van der Waals surface area contributed by atoms with Gasteiger partial charge < -0.3 is 47.4 Å². The quantitative estimate of drug-likeness (QED) is 0.0181. The number of rotatable bonds is 47. The van der Waals surface area contributed by atoms with Gasteiger partial charge in [0.15, 0.2) is 0 Å². The first-order valence-electron chi connectivity index (χ1n) is 42.7. The van der Waals surface area contributed by atoms with Crippen molar-refractivity contribution < 1.29 is 57.0 Å². The standard InChI is InChI=1S/C24H32.C17H26.2C12H22O4.C12H16.2C10H20O2/c1-3-19(2)22-13-10-20(11-14-22)8-6-4-5-7-9-21-12-15-23-16-17-24(23)18-21;1-4-6-7-8-9-10-16-11-13-17(14-12-16)15(3)5-2;2*1-5-12(3,4)11(13)16-10-9-15-8-7-14-6-2;1-3-9(2)11-6-4-10-5-7-12(10)8-11;2*1-4-9(3)12-8-10(5-2)6-11-7-10/h10-15,18-19H,3-9,16-17H2,1-2H3;4,11-15H,1,5-10H2,2-3H3;2*6H,2,5,7-10H2,1,3-4H3;4,6,8-9H,3,5,7H2,1-2H3;2*9H,4-8H2,1-3H3. The third kappa shape index (κ3) is 41.1. The van der Waals surface area contributed by atoms with Crippen molar-refractivity contribution in [3.63, 3.8) is 0 Å². The van der Waals surface area contributed by atoms with Crippen LogP contribution in [-0.2, 0) is 102 Å². The molecule has 8 rings (SSSR count). The Kier molecular flexibility index (Phi) is 53.2. The van der Waals surface area contributed by atoms with Crippen molar-refractivity contribution in [2.75, 3.05) is 92.5 Å². The maximum atomic E-state index is 11.5. The highest BCUT2D eigenvalue weighted by atomic mass is 16.6. The second-order valence-corrected chi connectivity index (χ2v) is 32.1. The maximum Gasteiger partial charge on any atom is 0.311 e. The highest BCUT2D eigenvalue weighted by Gasteiger charge is 2.38. The van der Waals surface area contributed by atoms with Crippen molar-refractivity contribution in [3.05, 3.63) is 179 Å². The molecule has 12 nitrogen and oxygen atoms in total. The van der Waals surface area contributed by atoms with Gasteiger partial charge in [-0.2, -0.15) is 0 Å². The molecule has 4 aromatic carbocycles. The van der Waals surface area contributed by atoms with Crippen LogP contribution in [0.4, 0.5) is 0 Å². The smallest absolute Gasteiger partial charge is 0.311 e. The fourth-order valence-electron chi connectivity index (χ4n) is 11.5. The van der Waals surface area contributed by atoms with Gasteiger partial charge in [0, 0.05) is 10.8 Å². The zero-order valence-corrected chi connectivity index (χ0v) is 72.6. The Hall–Kier alpha value is -5.60. The minimum absolute atomic E-state index is 0.180. The second-order valence-electron chi connectivity index (χ2n) is 32.1. The van der Waals surface area contributed by atoms with E-state index in [0.717, 1.165) is 77.7 Å². The number of hydrogen-bond acceptors (Lipinski definition) is 12. The van der Waals surface area contributed by atoms with E-state index in [2.05, 4.69) is 188 Å². The van der Waals surface area contributed by atoms with Crippen LogP contribution in [0.3, 0.4) is 0 Å². The third-order valence-corrected chi connectivity index (χ3v) is 22.7. The number of aryl methyl sites for hydroxylation is 7. The van der Waals surface area contributed by atoms with Crippen LogP contribution in [0.25, 0.3) is 0 Å². The van der Waals surface area contributed by atoms with Crippen molar-refractivity contribution in [2.24, 2.45) is 21.7 Å². The minimum Gasteiger partial charge on any atom is -0.499 e. The minimum atomic E-state index is -0.411. The van der Waals surface area contributed by atoms with Crippen LogP contribution in [0.15, 0.2) is 123 Å². The Morgan fingerprint density at radius 3 is 1.09 bits per heavy atom. The van der Waals surface area contributed by atoms with E-state index < -0.39 is 10.8 Å². The molecular weight excluding hydrogens is 1360 g/mol. The average Bonchev–Trinajstić information content (AvgIpc) is 0.762. The van der Waals surface area contributed by atoms with Crippen LogP contribution >= 0.6 is 0 Å². The molecule has 4 aromatic rings. The van der Waals surface area contributed by atoms with Gasteiger partial charge >= 0.3 is 11.9 Å². The van der Waals surface area contributed by atoms with Crippen LogP contribution in [0.1, 0.15) is 307 Å². The van der Waals surface area contributed by atoms with Crippen molar-refractivity contribution >= 4 is 11.9 Å². The van der Waals surface area contributed by atoms with E-state index in [9.17, 15) is 9.59 Å². The number of carbonyl (C=O) groups is 2. The lowest BCUT2D eigenvalue weighted by Gasteiger charge is -2.41. The van der Waals surface area contributed by atoms with Gasteiger partial charge in [-0.25, -0.2) is 0 Å². The molecule has 0 bridgehead atoms. The Balaban J connectivity index is 0.000000438. The molecule has 2 aliphatic carbocycles. The van der Waals surface area contributed by atoms with Gasteiger partial charge in [-0.3, -0.25) is 9.59 Å². The van der Waals surface area contributed by atoms with Crippen LogP contribution in [-0.4, -0.2) is 117 Å². The molecule has 0 amide bonds. The van der Waals surface area contributed by atoms with Crippen molar-refractivity contribution in [1.29, 1.82) is 0 Å². The van der Waals surface area contributed by atoms with E-state index in [4.69, 9.17) is 47.4 Å². The van der Waals surface area contributed by atoms with E-state index in [1.165, 1.54) is 162 Å². The highest BCUT2D eigenvalue weighted by molar-refractivity contribution is 5.76. The third-order valence-electron chi connectivity index (χ3n) is 22.7. The molecule has 0 radical (unpaired) electrons. The Bertz CT molecular complexity index is 2900. The number of fused-ring (bicyclic) bond motifs is 2. The summed E-state index contributed by atoms with van der Waals surface area (Å²) in [5, 5.41) is 0. The molecule has 2 aliphatic heterocycles. The fraction of sp³-hybridized carbons (Fsp3) is 0.670. The lowest BCUT2D eigenvalue weighted by Crippen LogP contribution is -2.46. The number of carbonyl (C=O) groups excluding carboxylic acids is 2. The van der Waals surface area contributed by atoms with Crippen molar-refractivity contribution in [2.45, 2.75) is 309 Å². The summed E-state index contributed by atoms with van der Waals surface area (Å²) in [4.78, 5) is 23.0. The number of hydrogen-bond donors (Lipinski definition) is 0. The maximum absolute atomic E-state index is 11.5. The molecule has 4 aliphatic rings. The summed E-state index contributed by atoms with van der Waals surface area (Å²) in [5.74, 6) is 1.75. The lowest BCUT2D eigenvalue weighted by atomic mass is 9.84. The molecular formula is C97H158O12. The molecule has 5 atom stereocenters. The van der Waals surface area contributed by atoms with Gasteiger partial charge in [0.25, 0.3) is 0 Å². The largest absolute Gasteiger partial charge is 0.499 e. The van der Waals surface area contributed by atoms with Gasteiger partial charge in [-0.05, 0) is 250 Å². The zero-order chi connectivity index (χ0) is 80.8. The van der Waals surface area contributed by atoms with E-state index in [1.54, 1.807) is 27.8 Å². The first kappa shape index (κ1) is 99.5. The first-order chi connectivity index (χ1) is 52.4. The fourth-order valence-corrected chi connectivity index (χ4v) is 11.5. The normalized spacial score (nSPS) is 15.2. The molecule has 12 heteroatoms. The zero-order valence-electron chi connectivity index (χ0n) is 72.6. The predicted molar refractivity (Wildman–Crippen MR) is 457 cm³/mol. The van der Waals surface area contributed by atoms with Gasteiger partial charge in [0.05, 0.1) is 102 Å². The molecule has 2 saturated heterocycles. The van der Waals surface area contributed by atoms with Crippen molar-refractivity contribution in [3.8, 4) is 0 Å². The Labute approximate surface area is 667 Å². The summed E-state index contributed by atoms with van der Waals surface area (Å²) < 4.78 is 52.1. The topological polar surface area (TPSA) is 126 Å². The van der Waals surface area contributed by atoms with Gasteiger partial charge in [-0.15, -0.1) is 6.58 Å². The summed E-state index contributed by atoms with van der Waals surface area (Å²) >= 11 is 0. The Morgan fingerprint density at radius 2 is 0.771 bits per heavy atom. The van der Waals surface area contributed by atoms with Gasteiger partial charge in [0.1, 0.15) is 26.4 Å². The lowest BCUT2D eigenvalue weighted by molar-refractivity contribution is -0.159. The number of allylic oxidation sites excluding steroid dienone is 1. The van der Waals surface area contributed by atoms with Gasteiger partial charge in [-0.1, -0.05) is 207 Å². The summed E-state index contributed by atoms with van der Waals surface area (Å²) in [6, 6.07) is 32.7. The number of ether oxygens (including phenoxy) is 10. The number of benzene rings is 4. The molecule has 0 N–H and O–H groups in total. The van der Waals surface area contributed by atoms with Crippen LogP contribution in [0.5, 0.6) is 0 Å². The summed E-state index contributed by atoms with van der Waals surface area (Å²) in [5.41, 5.74) is 15.2. The molecule has 0 spiro atoms. The number of unbranched alkanes of at least 4 members (excludes halogenated alkanes) is 6. The van der Waals surface area contributed by atoms with E-state index in [1.807, 2.05) is 47.6 Å². The van der Waals surface area contributed by atoms with E-state index in [-0.39, 0.29) is 25.2 Å². The predicted octanol–water partition coefficient (Wildman–Crippen LogP) is 24.2. The van der Waals surface area contributed by atoms with Crippen LogP contribution < -0.4 is 0 Å². The van der Waals surface area contributed by atoms with E-state index in [0.29, 0.717) is 74.5 Å². The molecule has 0 aromatic heterocycles. The van der Waals surface area contributed by atoms with E-state index >= 15 is 0 Å².